The second-order valence-electron chi connectivity index (χ2n) is 0.713. The van der Waals surface area contributed by atoms with Crippen LogP contribution >= 0.6 is 15.9 Å². The number of hydrogen-bond acceptors (Lipinski definition) is 0. The minimum Gasteiger partial charge on any atom is -0.0923 e. The van der Waals surface area contributed by atoms with Crippen molar-refractivity contribution in [2.24, 2.45) is 0 Å². The van der Waals surface area contributed by atoms with Gasteiger partial charge in [0.25, 0.3) is 0 Å². The molecule has 0 amide bonds. The van der Waals surface area contributed by atoms with Crippen LogP contribution in [0.1, 0.15) is 6.42 Å². The van der Waals surface area contributed by atoms with Gasteiger partial charge in [-0.2, -0.15) is 0 Å². The van der Waals surface area contributed by atoms with Crippen molar-refractivity contribution in [3.63, 3.8) is 0 Å². The zero-order valence-corrected chi connectivity index (χ0v) is 4.53. The van der Waals surface area contributed by atoms with Crippen LogP contribution in [-0.4, -0.2) is 5.33 Å². The van der Waals surface area contributed by atoms with Gasteiger partial charge in [0, 0.05) is 11.8 Å². The third kappa shape index (κ3) is 4.13. The Bertz CT molecular complexity index is 24.8. The van der Waals surface area contributed by atoms with E-state index in [4.69, 9.17) is 6.58 Å². The normalized spacial score (nSPS) is 7.20. The van der Waals surface area contributed by atoms with Crippen molar-refractivity contribution in [3.8, 4) is 0 Å². The van der Waals surface area contributed by atoms with Crippen LogP contribution in [0.3, 0.4) is 0 Å². The minimum atomic E-state index is 0.958. The van der Waals surface area contributed by atoms with Gasteiger partial charge in [0.15, 0.2) is 6.08 Å². The summed E-state index contributed by atoms with van der Waals surface area (Å²) < 4.78 is 0. The summed E-state index contributed by atoms with van der Waals surface area (Å²) in [6, 6.07) is 0. The van der Waals surface area contributed by atoms with Gasteiger partial charge in [-0.25, -0.2) is 0 Å². The molecule has 0 spiro atoms. The topological polar surface area (TPSA) is 0 Å². The molecule has 28 valence electrons. The van der Waals surface area contributed by atoms with E-state index in [1.165, 1.54) is 0 Å². The van der Waals surface area contributed by atoms with Crippen LogP contribution < -0.4 is 0 Å². The molecule has 1 heteroatoms. The fraction of sp³-hybridized carbons (Fsp3) is 0.500. The molecule has 0 aromatic carbocycles. The van der Waals surface area contributed by atoms with Crippen molar-refractivity contribution < 1.29 is 0 Å². The summed E-state index contributed by atoms with van der Waals surface area (Å²) in [6.07, 6.45) is 2.59. The van der Waals surface area contributed by atoms with E-state index >= 15 is 0 Å². The van der Waals surface area contributed by atoms with E-state index in [1.807, 2.05) is 0 Å². The zero-order valence-electron chi connectivity index (χ0n) is 2.95. The lowest BCUT2D eigenvalue weighted by Gasteiger charge is -1.64. The molecule has 0 N–H and O–H groups in total. The summed E-state index contributed by atoms with van der Waals surface area (Å²) >= 11 is 3.20. The fourth-order valence-corrected chi connectivity index (χ4v) is 0.327. The van der Waals surface area contributed by atoms with Crippen LogP contribution in [0.2, 0.25) is 0 Å². The Hall–Kier alpha value is 0.130. The molecule has 0 aromatic heterocycles. The molecule has 0 atom stereocenters. The third-order valence-corrected chi connectivity index (χ3v) is 0.734. The highest BCUT2D eigenvalue weighted by atomic mass is 79.9. The Kier molecular flexibility index (Phi) is 4.24. The predicted octanol–water partition coefficient (Wildman–Crippen LogP) is 1.76. The monoisotopic (exact) mass is 133 g/mol. The van der Waals surface area contributed by atoms with Crippen LogP contribution in [0.5, 0.6) is 0 Å². The van der Waals surface area contributed by atoms with Gasteiger partial charge in [-0.15, -0.1) is 0 Å². The molecule has 0 heterocycles. The van der Waals surface area contributed by atoms with Crippen molar-refractivity contribution in [3.05, 3.63) is 12.7 Å². The first-order valence-electron chi connectivity index (χ1n) is 1.51. The summed E-state index contributed by atoms with van der Waals surface area (Å²) in [4.78, 5) is 0. The molecule has 5 heavy (non-hydrogen) atoms. The minimum absolute atomic E-state index is 0.958. The molecule has 0 bridgehead atoms. The first kappa shape index (κ1) is 5.13. The van der Waals surface area contributed by atoms with Gasteiger partial charge in [0.05, 0.1) is 0 Å². The van der Waals surface area contributed by atoms with Crippen LogP contribution in [-0.2, 0) is 0 Å². The summed E-state index contributed by atoms with van der Waals surface area (Å²) in [5.74, 6) is 0. The molecule has 0 saturated heterocycles. The van der Waals surface area contributed by atoms with Gasteiger partial charge in [0.2, 0.25) is 6.58 Å². The van der Waals surface area contributed by atoms with Gasteiger partial charge in [0.1, 0.15) is 0 Å². The Morgan fingerprint density at radius 2 is 2.40 bits per heavy atom. The third-order valence-electron chi connectivity index (χ3n) is 0.276. The second kappa shape index (κ2) is 4.13. The first-order valence-corrected chi connectivity index (χ1v) is 2.63. The Labute approximate surface area is 41.0 Å². The molecule has 0 aliphatic carbocycles. The highest BCUT2D eigenvalue weighted by Crippen LogP contribution is 1.84. The van der Waals surface area contributed by atoms with Crippen molar-refractivity contribution in [1.82, 2.24) is 0 Å². The molecular weight excluding hydrogens is 128 g/mol. The van der Waals surface area contributed by atoms with Crippen molar-refractivity contribution >= 4 is 15.9 Å². The van der Waals surface area contributed by atoms with E-state index < -0.39 is 0 Å². The van der Waals surface area contributed by atoms with E-state index in [0.717, 1.165) is 11.8 Å². The van der Waals surface area contributed by atoms with E-state index in [0.29, 0.717) is 0 Å². The highest BCUT2D eigenvalue weighted by molar-refractivity contribution is 9.09. The fourth-order valence-electron chi connectivity index (χ4n) is 0.0630. The molecule has 0 aliphatic heterocycles. The molecule has 0 fully saturated rings. The van der Waals surface area contributed by atoms with E-state index in [-0.39, 0.29) is 0 Å². The SMILES string of the molecule is [CH+]=CCCBr. The molecule has 0 rings (SSSR count). The number of rotatable bonds is 2. The van der Waals surface area contributed by atoms with Crippen LogP contribution in [0.25, 0.3) is 0 Å². The number of allylic oxidation sites excluding steroid dienone is 1. The van der Waals surface area contributed by atoms with Crippen LogP contribution in [0.15, 0.2) is 6.08 Å². The lowest BCUT2D eigenvalue weighted by molar-refractivity contribution is 1.27. The summed E-state index contributed by atoms with van der Waals surface area (Å²) in [7, 11) is 0. The van der Waals surface area contributed by atoms with Crippen molar-refractivity contribution in [2.45, 2.75) is 6.42 Å². The maximum absolute atomic E-state index is 4.98. The molecule has 0 unspecified atom stereocenters. The van der Waals surface area contributed by atoms with Gasteiger partial charge < -0.3 is 0 Å². The van der Waals surface area contributed by atoms with Gasteiger partial charge in [-0.05, 0) is 0 Å². The quantitative estimate of drug-likeness (QED) is 0.398. The number of hydrogen-bond donors (Lipinski definition) is 0. The second-order valence-corrected chi connectivity index (χ2v) is 1.51. The number of alkyl halides is 1. The van der Waals surface area contributed by atoms with Gasteiger partial charge in [-0.3, -0.25) is 0 Å². The van der Waals surface area contributed by atoms with Crippen molar-refractivity contribution in [1.29, 1.82) is 0 Å². The Morgan fingerprint density at radius 3 is 2.40 bits per heavy atom. The largest absolute Gasteiger partial charge is 0.201 e. The molecule has 0 radical (unpaired) electrons. The lowest BCUT2D eigenvalue weighted by atomic mass is 10.5. The molecule has 0 saturated carbocycles. The predicted molar refractivity (Wildman–Crippen MR) is 27.3 cm³/mol. The van der Waals surface area contributed by atoms with E-state index in [2.05, 4.69) is 15.9 Å². The number of halogens is 1. The molecule has 0 aromatic rings. The smallest absolute Gasteiger partial charge is 0.0923 e. The molecular formula is C4H6Br+. The average molecular weight is 134 g/mol. The van der Waals surface area contributed by atoms with E-state index in [9.17, 15) is 0 Å². The van der Waals surface area contributed by atoms with Gasteiger partial charge in [-0.1, -0.05) is 15.9 Å². The van der Waals surface area contributed by atoms with E-state index in [1.54, 1.807) is 6.08 Å². The standard InChI is InChI=1S/C4H6Br/c1-2-3-4-5/h1-2H,3-4H2/q+1. The van der Waals surface area contributed by atoms with Crippen LogP contribution in [0, 0.1) is 6.58 Å². The Morgan fingerprint density at radius 1 is 1.80 bits per heavy atom. The average Bonchev–Trinajstić information content (AvgIpc) is 1.41. The van der Waals surface area contributed by atoms with Crippen molar-refractivity contribution in [2.75, 3.05) is 5.33 Å². The summed E-state index contributed by atoms with van der Waals surface area (Å²) in [5.41, 5.74) is 0. The van der Waals surface area contributed by atoms with Gasteiger partial charge >= 0.3 is 0 Å². The summed E-state index contributed by atoms with van der Waals surface area (Å²) in [6.45, 7) is 4.98. The summed E-state index contributed by atoms with van der Waals surface area (Å²) in [5, 5.41) is 0.976. The molecule has 0 aliphatic rings. The highest BCUT2D eigenvalue weighted by Gasteiger charge is 1.71. The molecule has 0 nitrogen and oxygen atoms in total. The zero-order chi connectivity index (χ0) is 4.12. The first-order chi connectivity index (χ1) is 2.41. The van der Waals surface area contributed by atoms with Crippen LogP contribution in [0.4, 0.5) is 0 Å². The maximum atomic E-state index is 4.98. The Balaban J connectivity index is 2.40. The lowest BCUT2D eigenvalue weighted by Crippen LogP contribution is -1.58. The maximum Gasteiger partial charge on any atom is 0.201 e.